The predicted molar refractivity (Wildman–Crippen MR) is 80.3 cm³/mol. The quantitative estimate of drug-likeness (QED) is 0.633. The van der Waals surface area contributed by atoms with Gasteiger partial charge in [0.2, 0.25) is 10.0 Å². The highest BCUT2D eigenvalue weighted by Crippen LogP contribution is 2.31. The van der Waals surface area contributed by atoms with Crippen LogP contribution in [0.15, 0.2) is 28.1 Å². The van der Waals surface area contributed by atoms with E-state index in [2.05, 4.69) is 22.4 Å². The summed E-state index contributed by atoms with van der Waals surface area (Å²) in [4.78, 5) is 4.07. The van der Waals surface area contributed by atoms with Crippen molar-refractivity contribution in [1.29, 1.82) is 0 Å². The molecular formula is C13H16N2O3S2. The molecule has 108 valence electrons. The standard InChI is InChI=1S/C13H16N2O3S2/c1-18-13-6-5-11(9-12(13)14-10-19)20(16,17)15-7-3-2-4-8-15/h5-6,9H,2-4,7-8H2,1H3. The van der Waals surface area contributed by atoms with Crippen molar-refractivity contribution in [2.24, 2.45) is 4.99 Å². The number of piperidine rings is 1. The van der Waals surface area contributed by atoms with Gasteiger partial charge in [0.1, 0.15) is 11.4 Å². The van der Waals surface area contributed by atoms with Gasteiger partial charge in [-0.25, -0.2) is 8.42 Å². The summed E-state index contributed by atoms with van der Waals surface area (Å²) in [6, 6.07) is 4.59. The van der Waals surface area contributed by atoms with Gasteiger partial charge in [0.15, 0.2) is 0 Å². The van der Waals surface area contributed by atoms with Gasteiger partial charge in [-0.3, -0.25) is 0 Å². The Kier molecular flexibility index (Phi) is 4.88. The minimum atomic E-state index is -3.47. The number of aliphatic imine (C=N–C) groups is 1. The Morgan fingerprint density at radius 2 is 2.00 bits per heavy atom. The summed E-state index contributed by atoms with van der Waals surface area (Å²) in [5.41, 5.74) is 0.376. The monoisotopic (exact) mass is 312 g/mol. The van der Waals surface area contributed by atoms with Gasteiger partial charge in [-0.2, -0.15) is 9.30 Å². The van der Waals surface area contributed by atoms with E-state index < -0.39 is 10.0 Å². The van der Waals surface area contributed by atoms with Crippen molar-refractivity contribution >= 4 is 33.1 Å². The van der Waals surface area contributed by atoms with E-state index in [-0.39, 0.29) is 4.90 Å². The van der Waals surface area contributed by atoms with Gasteiger partial charge in [0.05, 0.1) is 17.2 Å². The molecule has 0 unspecified atom stereocenters. The molecule has 0 atom stereocenters. The second kappa shape index (κ2) is 6.45. The molecule has 0 N–H and O–H groups in total. The van der Waals surface area contributed by atoms with Crippen LogP contribution in [0.3, 0.4) is 0 Å². The molecule has 1 aromatic rings. The van der Waals surface area contributed by atoms with Gasteiger partial charge in [0.25, 0.3) is 0 Å². The summed E-state index contributed by atoms with van der Waals surface area (Å²) >= 11 is 4.57. The molecule has 0 aromatic heterocycles. The van der Waals surface area contributed by atoms with E-state index in [1.165, 1.54) is 23.5 Å². The Morgan fingerprint density at radius 3 is 2.60 bits per heavy atom. The Morgan fingerprint density at radius 1 is 1.30 bits per heavy atom. The lowest BCUT2D eigenvalue weighted by molar-refractivity contribution is 0.346. The van der Waals surface area contributed by atoms with Crippen LogP contribution in [0.25, 0.3) is 0 Å². The Bertz CT molecular complexity index is 631. The molecule has 1 saturated heterocycles. The van der Waals surface area contributed by atoms with Gasteiger partial charge in [-0.1, -0.05) is 6.42 Å². The van der Waals surface area contributed by atoms with Crippen LogP contribution in [0.5, 0.6) is 5.75 Å². The van der Waals surface area contributed by atoms with E-state index in [1.807, 2.05) is 0 Å². The zero-order chi connectivity index (χ0) is 14.6. The highest BCUT2D eigenvalue weighted by molar-refractivity contribution is 7.89. The third-order valence-corrected chi connectivity index (χ3v) is 5.26. The predicted octanol–water partition coefficient (Wildman–Crippen LogP) is 2.60. The smallest absolute Gasteiger partial charge is 0.243 e. The summed E-state index contributed by atoms with van der Waals surface area (Å²) in [6.07, 6.45) is 2.88. The van der Waals surface area contributed by atoms with E-state index in [0.29, 0.717) is 24.5 Å². The maximum Gasteiger partial charge on any atom is 0.243 e. The number of methoxy groups -OCH3 is 1. The molecule has 20 heavy (non-hydrogen) atoms. The lowest BCUT2D eigenvalue weighted by Crippen LogP contribution is -2.35. The van der Waals surface area contributed by atoms with Crippen molar-refractivity contribution in [3.8, 4) is 5.75 Å². The molecule has 0 radical (unpaired) electrons. The number of hydrogen-bond acceptors (Lipinski definition) is 5. The first-order valence-corrected chi connectivity index (χ1v) is 8.20. The zero-order valence-electron chi connectivity index (χ0n) is 11.2. The second-order valence-corrected chi connectivity index (χ2v) is 6.62. The molecule has 0 aliphatic carbocycles. The average molecular weight is 312 g/mol. The summed E-state index contributed by atoms with van der Waals surface area (Å²) in [5, 5.41) is 2.24. The fourth-order valence-electron chi connectivity index (χ4n) is 2.22. The number of rotatable bonds is 4. The van der Waals surface area contributed by atoms with Crippen molar-refractivity contribution in [1.82, 2.24) is 4.31 Å². The number of nitrogens with zero attached hydrogens (tertiary/aromatic N) is 2. The number of benzene rings is 1. The number of ether oxygens (including phenoxy) is 1. The summed E-state index contributed by atoms with van der Waals surface area (Å²) in [5.74, 6) is 0.472. The molecule has 1 aliphatic rings. The number of isothiocyanates is 1. The van der Waals surface area contributed by atoms with E-state index in [1.54, 1.807) is 6.07 Å². The third-order valence-electron chi connectivity index (χ3n) is 3.27. The Hall–Kier alpha value is -1.27. The van der Waals surface area contributed by atoms with Crippen molar-refractivity contribution in [2.75, 3.05) is 20.2 Å². The van der Waals surface area contributed by atoms with Gasteiger partial charge >= 0.3 is 0 Å². The summed E-state index contributed by atoms with van der Waals surface area (Å²) < 4.78 is 31.7. The second-order valence-electron chi connectivity index (χ2n) is 4.50. The molecule has 5 nitrogen and oxygen atoms in total. The van der Waals surface area contributed by atoms with Crippen LogP contribution in [-0.4, -0.2) is 38.1 Å². The van der Waals surface area contributed by atoms with Crippen molar-refractivity contribution in [2.45, 2.75) is 24.2 Å². The van der Waals surface area contributed by atoms with E-state index in [4.69, 9.17) is 4.74 Å². The van der Waals surface area contributed by atoms with Crippen molar-refractivity contribution in [3.05, 3.63) is 18.2 Å². The zero-order valence-corrected chi connectivity index (χ0v) is 12.8. The highest BCUT2D eigenvalue weighted by Gasteiger charge is 2.26. The molecule has 0 saturated carbocycles. The normalized spacial score (nSPS) is 16.4. The molecule has 0 spiro atoms. The molecule has 7 heteroatoms. The number of sulfonamides is 1. The van der Waals surface area contributed by atoms with Gasteiger partial charge in [0, 0.05) is 13.1 Å². The molecular weight excluding hydrogens is 296 g/mol. The lowest BCUT2D eigenvalue weighted by atomic mass is 10.2. The molecule has 1 aliphatic heterocycles. The highest BCUT2D eigenvalue weighted by atomic mass is 32.2. The van der Waals surface area contributed by atoms with E-state index in [0.717, 1.165) is 19.3 Å². The first-order valence-electron chi connectivity index (χ1n) is 6.35. The molecule has 0 amide bonds. The fourth-order valence-corrected chi connectivity index (χ4v) is 3.86. The Labute approximate surface area is 124 Å². The maximum absolute atomic E-state index is 12.5. The minimum Gasteiger partial charge on any atom is -0.494 e. The largest absolute Gasteiger partial charge is 0.494 e. The van der Waals surface area contributed by atoms with Crippen LogP contribution in [0.1, 0.15) is 19.3 Å². The molecule has 2 rings (SSSR count). The first kappa shape index (κ1) is 15.1. The van der Waals surface area contributed by atoms with Crippen LogP contribution in [0.4, 0.5) is 5.69 Å². The van der Waals surface area contributed by atoms with Crippen LogP contribution in [0.2, 0.25) is 0 Å². The van der Waals surface area contributed by atoms with Crippen LogP contribution >= 0.6 is 12.2 Å². The van der Waals surface area contributed by atoms with Crippen LogP contribution < -0.4 is 4.74 Å². The van der Waals surface area contributed by atoms with Crippen molar-refractivity contribution in [3.63, 3.8) is 0 Å². The number of hydrogen-bond donors (Lipinski definition) is 0. The summed E-state index contributed by atoms with van der Waals surface area (Å²) in [6.45, 7) is 1.14. The van der Waals surface area contributed by atoms with E-state index >= 15 is 0 Å². The molecule has 0 bridgehead atoms. The van der Waals surface area contributed by atoms with Gasteiger partial charge < -0.3 is 4.74 Å². The third kappa shape index (κ3) is 3.07. The van der Waals surface area contributed by atoms with Gasteiger partial charge in [-0.15, -0.1) is 0 Å². The molecule has 1 heterocycles. The minimum absolute atomic E-state index is 0.212. The SMILES string of the molecule is COc1ccc(S(=O)(=O)N2CCCCC2)cc1N=C=S. The number of thiocarbonyl (C=S) groups is 1. The van der Waals surface area contributed by atoms with Crippen LogP contribution in [0, 0.1) is 0 Å². The molecule has 1 aromatic carbocycles. The first-order chi connectivity index (χ1) is 9.59. The topological polar surface area (TPSA) is 59.0 Å². The lowest BCUT2D eigenvalue weighted by Gasteiger charge is -2.26. The maximum atomic E-state index is 12.5. The summed E-state index contributed by atoms with van der Waals surface area (Å²) in [7, 11) is -1.98. The molecule has 1 fully saturated rings. The van der Waals surface area contributed by atoms with E-state index in [9.17, 15) is 8.42 Å². The fraction of sp³-hybridized carbons (Fsp3) is 0.462. The van der Waals surface area contributed by atoms with Crippen molar-refractivity contribution < 1.29 is 13.2 Å². The Balaban J connectivity index is 2.41. The van der Waals surface area contributed by atoms with Gasteiger partial charge in [-0.05, 0) is 43.3 Å². The van der Waals surface area contributed by atoms with Crippen LogP contribution in [-0.2, 0) is 10.0 Å². The average Bonchev–Trinajstić information content (AvgIpc) is 2.48.